The van der Waals surface area contributed by atoms with Gasteiger partial charge >= 0.3 is 0 Å². The van der Waals surface area contributed by atoms with Crippen molar-refractivity contribution >= 4 is 17.5 Å². The summed E-state index contributed by atoms with van der Waals surface area (Å²) < 4.78 is 5.90. The topological polar surface area (TPSA) is 38.3 Å². The molecule has 0 aliphatic heterocycles. The highest BCUT2D eigenvalue weighted by atomic mass is 35.5. The average Bonchev–Trinajstić information content (AvgIpc) is 3.10. The summed E-state index contributed by atoms with van der Waals surface area (Å²) in [5.74, 6) is 0.576. The third-order valence-corrected chi connectivity index (χ3v) is 5.48. The van der Waals surface area contributed by atoms with Crippen LogP contribution in [0.5, 0.6) is 5.75 Å². The number of hydrogen-bond acceptors (Lipinski definition) is 2. The second-order valence-corrected chi connectivity index (χ2v) is 7.44. The maximum absolute atomic E-state index is 12.7. The van der Waals surface area contributed by atoms with E-state index in [1.807, 2.05) is 26.8 Å². The lowest BCUT2D eigenvalue weighted by molar-refractivity contribution is -0.128. The van der Waals surface area contributed by atoms with Crippen LogP contribution in [0, 0.1) is 6.92 Å². The molecule has 4 heteroatoms. The first-order chi connectivity index (χ1) is 12.5. The fourth-order valence-electron chi connectivity index (χ4n) is 3.43. The van der Waals surface area contributed by atoms with Gasteiger partial charge in [-0.15, -0.1) is 0 Å². The molecule has 0 unspecified atom stereocenters. The Hall–Kier alpha value is -2.00. The van der Waals surface area contributed by atoms with Crippen LogP contribution in [-0.4, -0.2) is 12.0 Å². The number of halogens is 1. The molecule has 0 saturated heterocycles. The van der Waals surface area contributed by atoms with Crippen LogP contribution >= 0.6 is 11.6 Å². The number of fused-ring (bicyclic) bond motifs is 1. The zero-order chi connectivity index (χ0) is 18.7. The van der Waals surface area contributed by atoms with Crippen molar-refractivity contribution in [3.8, 4) is 5.75 Å². The van der Waals surface area contributed by atoms with Crippen molar-refractivity contribution < 1.29 is 9.53 Å². The van der Waals surface area contributed by atoms with Crippen LogP contribution < -0.4 is 10.1 Å². The summed E-state index contributed by atoms with van der Waals surface area (Å²) in [4.78, 5) is 12.7. The maximum atomic E-state index is 12.7. The van der Waals surface area contributed by atoms with E-state index in [1.165, 1.54) is 24.0 Å². The third kappa shape index (κ3) is 4.21. The van der Waals surface area contributed by atoms with E-state index >= 15 is 0 Å². The van der Waals surface area contributed by atoms with Gasteiger partial charge in [-0.1, -0.05) is 36.7 Å². The molecule has 26 heavy (non-hydrogen) atoms. The largest absolute Gasteiger partial charge is 0.481 e. The molecule has 1 N–H and O–H groups in total. The molecular weight excluding hydrogens is 346 g/mol. The minimum atomic E-state index is -0.521. The summed E-state index contributed by atoms with van der Waals surface area (Å²) in [6.07, 6.45) is 3.62. The Labute approximate surface area is 160 Å². The van der Waals surface area contributed by atoms with Gasteiger partial charge in [0.2, 0.25) is 0 Å². The number of amides is 1. The Kier molecular flexibility index (Phi) is 5.87. The normalized spacial score (nSPS) is 15.2. The van der Waals surface area contributed by atoms with E-state index < -0.39 is 6.10 Å². The predicted octanol–water partition coefficient (Wildman–Crippen LogP) is 5.17. The van der Waals surface area contributed by atoms with Crippen molar-refractivity contribution in [1.82, 2.24) is 5.32 Å². The quantitative estimate of drug-likeness (QED) is 0.760. The summed E-state index contributed by atoms with van der Waals surface area (Å²) in [5, 5.41) is 3.79. The molecule has 2 aromatic carbocycles. The number of aryl methyl sites for hydroxylation is 3. The summed E-state index contributed by atoms with van der Waals surface area (Å²) in [7, 11) is 0. The van der Waals surface area contributed by atoms with Gasteiger partial charge in [-0.05, 0) is 80.0 Å². The fourth-order valence-corrected chi connectivity index (χ4v) is 3.55. The Morgan fingerprint density at radius 2 is 1.96 bits per heavy atom. The van der Waals surface area contributed by atoms with Crippen LogP contribution in [0.2, 0.25) is 5.02 Å². The molecule has 1 amide bonds. The number of nitrogens with one attached hydrogen (secondary N) is 1. The van der Waals surface area contributed by atoms with Crippen molar-refractivity contribution in [3.05, 3.63) is 63.7 Å². The van der Waals surface area contributed by atoms with Crippen LogP contribution in [-0.2, 0) is 17.6 Å². The molecule has 0 fully saturated rings. The van der Waals surface area contributed by atoms with Gasteiger partial charge in [0.15, 0.2) is 6.10 Å². The summed E-state index contributed by atoms with van der Waals surface area (Å²) in [6, 6.07) is 12.0. The van der Waals surface area contributed by atoms with E-state index in [9.17, 15) is 4.79 Å². The second-order valence-electron chi connectivity index (χ2n) is 7.04. The Balaban J connectivity index is 1.65. The van der Waals surface area contributed by atoms with Gasteiger partial charge in [-0.2, -0.15) is 0 Å². The van der Waals surface area contributed by atoms with E-state index in [-0.39, 0.29) is 11.9 Å². The number of hydrogen-bond donors (Lipinski definition) is 1. The minimum Gasteiger partial charge on any atom is -0.481 e. The van der Waals surface area contributed by atoms with Crippen molar-refractivity contribution in [1.29, 1.82) is 0 Å². The highest BCUT2D eigenvalue weighted by Gasteiger charge is 2.22. The Bertz CT molecular complexity index is 803. The molecule has 0 bridgehead atoms. The highest BCUT2D eigenvalue weighted by molar-refractivity contribution is 6.31. The summed E-state index contributed by atoms with van der Waals surface area (Å²) in [5.41, 5.74) is 4.95. The molecular formula is C22H26ClNO2. The first kappa shape index (κ1) is 18.8. The maximum Gasteiger partial charge on any atom is 0.261 e. The molecule has 0 saturated carbocycles. The molecule has 2 aromatic rings. The number of benzene rings is 2. The smallest absolute Gasteiger partial charge is 0.261 e. The van der Waals surface area contributed by atoms with Gasteiger partial charge in [0.25, 0.3) is 5.91 Å². The van der Waals surface area contributed by atoms with Crippen LogP contribution in [0.3, 0.4) is 0 Å². The van der Waals surface area contributed by atoms with E-state index in [1.54, 1.807) is 12.1 Å². The summed E-state index contributed by atoms with van der Waals surface area (Å²) in [6.45, 7) is 5.90. The van der Waals surface area contributed by atoms with Gasteiger partial charge in [0, 0.05) is 5.02 Å². The highest BCUT2D eigenvalue weighted by Crippen LogP contribution is 2.26. The van der Waals surface area contributed by atoms with Crippen LogP contribution in [0.15, 0.2) is 36.4 Å². The molecule has 3 rings (SSSR count). The van der Waals surface area contributed by atoms with Gasteiger partial charge < -0.3 is 10.1 Å². The number of ether oxygens (including phenoxy) is 1. The number of carbonyl (C=O) groups is 1. The minimum absolute atomic E-state index is 0.0435. The first-order valence-electron chi connectivity index (χ1n) is 9.32. The zero-order valence-electron chi connectivity index (χ0n) is 15.6. The van der Waals surface area contributed by atoms with Gasteiger partial charge in [0.1, 0.15) is 5.75 Å². The Morgan fingerprint density at radius 3 is 2.69 bits per heavy atom. The van der Waals surface area contributed by atoms with E-state index in [4.69, 9.17) is 16.3 Å². The zero-order valence-corrected chi connectivity index (χ0v) is 16.4. The monoisotopic (exact) mass is 371 g/mol. The van der Waals surface area contributed by atoms with Gasteiger partial charge in [-0.3, -0.25) is 4.79 Å². The molecule has 1 aliphatic carbocycles. The van der Waals surface area contributed by atoms with E-state index in [2.05, 4.69) is 23.5 Å². The summed E-state index contributed by atoms with van der Waals surface area (Å²) >= 11 is 6.06. The lowest BCUT2D eigenvalue weighted by Crippen LogP contribution is -2.39. The molecule has 1 aliphatic rings. The van der Waals surface area contributed by atoms with Crippen molar-refractivity contribution in [2.24, 2.45) is 0 Å². The van der Waals surface area contributed by atoms with Crippen molar-refractivity contribution in [3.63, 3.8) is 0 Å². The third-order valence-electron chi connectivity index (χ3n) is 5.05. The average molecular weight is 372 g/mol. The molecule has 3 nitrogen and oxygen atoms in total. The first-order valence-corrected chi connectivity index (χ1v) is 9.70. The lowest BCUT2D eigenvalue weighted by atomic mass is 10.0. The predicted molar refractivity (Wildman–Crippen MR) is 106 cm³/mol. The molecule has 0 spiro atoms. The van der Waals surface area contributed by atoms with E-state index in [0.29, 0.717) is 17.2 Å². The molecule has 138 valence electrons. The van der Waals surface area contributed by atoms with Crippen LogP contribution in [0.1, 0.15) is 55.0 Å². The number of carbonyl (C=O) groups excluding carboxylic acids is 1. The van der Waals surface area contributed by atoms with Crippen LogP contribution in [0.4, 0.5) is 0 Å². The van der Waals surface area contributed by atoms with Gasteiger partial charge in [-0.25, -0.2) is 0 Å². The lowest BCUT2D eigenvalue weighted by Gasteiger charge is -2.21. The Morgan fingerprint density at radius 1 is 1.19 bits per heavy atom. The van der Waals surface area contributed by atoms with Crippen molar-refractivity contribution in [2.75, 3.05) is 0 Å². The molecule has 2 atom stereocenters. The SMILES string of the molecule is CC[C@H](Oc1ccc(Cl)c(C)c1)C(=O)N[C@H](C)c1ccc2c(c1)CCC2. The van der Waals surface area contributed by atoms with E-state index in [0.717, 1.165) is 17.5 Å². The van der Waals surface area contributed by atoms with Gasteiger partial charge in [0.05, 0.1) is 6.04 Å². The second kappa shape index (κ2) is 8.13. The molecule has 0 radical (unpaired) electrons. The number of rotatable bonds is 6. The molecule has 0 aromatic heterocycles. The fraction of sp³-hybridized carbons (Fsp3) is 0.409. The van der Waals surface area contributed by atoms with Crippen molar-refractivity contribution in [2.45, 2.75) is 58.6 Å². The molecule has 0 heterocycles. The standard InChI is InChI=1S/C22H26ClNO2/c1-4-21(26-19-10-11-20(23)14(2)12-19)22(25)24-15(3)17-9-8-16-6-5-7-18(16)13-17/h8-13,15,21H,4-7H2,1-3H3,(H,24,25)/t15-,21+/m1/s1. The van der Waals surface area contributed by atoms with Crippen LogP contribution in [0.25, 0.3) is 0 Å².